The minimum absolute atomic E-state index is 0.0825. The van der Waals surface area contributed by atoms with Crippen molar-refractivity contribution in [2.45, 2.75) is 19.9 Å². The van der Waals surface area contributed by atoms with E-state index in [9.17, 15) is 4.79 Å². The van der Waals surface area contributed by atoms with Gasteiger partial charge in [-0.1, -0.05) is 18.2 Å². The standard InChI is InChI=1S/C22H24N4O2/c1-15-17-6-3-4-7-19(17)28-20(15)14-26(2)21(27)9-8-16-12-18-22(25-13-16)24-11-5-10-23-18/h3-4,6-9,12-13,23H,5,10-11,14H2,1-2H3,(H,24,25). The van der Waals surface area contributed by atoms with Crippen molar-refractivity contribution in [2.75, 3.05) is 30.8 Å². The first-order valence-electron chi connectivity index (χ1n) is 9.50. The fraction of sp³-hybridized carbons (Fsp3) is 0.273. The van der Waals surface area contributed by atoms with E-state index in [1.54, 1.807) is 30.3 Å². The van der Waals surface area contributed by atoms with E-state index in [-0.39, 0.29) is 5.91 Å². The van der Waals surface area contributed by atoms with Gasteiger partial charge in [0, 0.05) is 43.4 Å². The lowest BCUT2D eigenvalue weighted by atomic mass is 10.1. The van der Waals surface area contributed by atoms with E-state index < -0.39 is 0 Å². The smallest absolute Gasteiger partial charge is 0.246 e. The predicted octanol–water partition coefficient (Wildman–Crippen LogP) is 4.04. The average molecular weight is 376 g/mol. The Hall–Kier alpha value is -3.28. The molecular formula is C22H24N4O2. The van der Waals surface area contributed by atoms with Gasteiger partial charge < -0.3 is 20.0 Å². The molecule has 4 rings (SSSR count). The summed E-state index contributed by atoms with van der Waals surface area (Å²) in [4.78, 5) is 18.6. The molecule has 0 spiro atoms. The normalized spacial score (nSPS) is 13.6. The molecule has 0 aliphatic carbocycles. The number of fused-ring (bicyclic) bond motifs is 2. The Morgan fingerprint density at radius 1 is 1.29 bits per heavy atom. The van der Waals surface area contributed by atoms with Gasteiger partial charge in [-0.2, -0.15) is 0 Å². The highest BCUT2D eigenvalue weighted by Gasteiger charge is 2.14. The van der Waals surface area contributed by atoms with Crippen molar-refractivity contribution in [1.29, 1.82) is 0 Å². The Labute approximate surface area is 164 Å². The number of hydrogen-bond donors (Lipinski definition) is 2. The molecule has 1 amide bonds. The molecule has 0 bridgehead atoms. The monoisotopic (exact) mass is 376 g/mol. The second-order valence-corrected chi connectivity index (χ2v) is 7.05. The highest BCUT2D eigenvalue weighted by atomic mass is 16.3. The van der Waals surface area contributed by atoms with Crippen LogP contribution in [0.5, 0.6) is 0 Å². The van der Waals surface area contributed by atoms with Gasteiger partial charge in [-0.25, -0.2) is 4.98 Å². The van der Waals surface area contributed by atoms with Crippen molar-refractivity contribution in [3.05, 3.63) is 59.5 Å². The maximum atomic E-state index is 12.5. The molecule has 1 aliphatic heterocycles. The number of benzene rings is 1. The summed E-state index contributed by atoms with van der Waals surface area (Å²) in [7, 11) is 1.78. The minimum Gasteiger partial charge on any atom is -0.459 e. The Balaban J connectivity index is 1.45. The molecule has 1 aliphatic rings. The molecule has 0 unspecified atom stereocenters. The number of carbonyl (C=O) groups excluding carboxylic acids is 1. The van der Waals surface area contributed by atoms with Gasteiger partial charge >= 0.3 is 0 Å². The number of rotatable bonds is 4. The molecule has 6 heteroatoms. The molecule has 0 saturated heterocycles. The number of amides is 1. The van der Waals surface area contributed by atoms with Crippen LogP contribution >= 0.6 is 0 Å². The summed E-state index contributed by atoms with van der Waals surface area (Å²) in [6, 6.07) is 9.93. The van der Waals surface area contributed by atoms with Crippen molar-refractivity contribution < 1.29 is 9.21 Å². The number of aryl methyl sites for hydroxylation is 1. The number of pyridine rings is 1. The van der Waals surface area contributed by atoms with E-state index >= 15 is 0 Å². The van der Waals surface area contributed by atoms with E-state index in [0.29, 0.717) is 6.54 Å². The van der Waals surface area contributed by atoms with E-state index in [1.807, 2.05) is 37.3 Å². The number of hydrogen-bond acceptors (Lipinski definition) is 5. The van der Waals surface area contributed by atoms with Gasteiger partial charge in [0.25, 0.3) is 0 Å². The quantitative estimate of drug-likeness (QED) is 0.673. The molecule has 2 N–H and O–H groups in total. The van der Waals surface area contributed by atoms with Crippen LogP contribution < -0.4 is 10.6 Å². The first-order chi connectivity index (χ1) is 13.6. The van der Waals surface area contributed by atoms with Crippen molar-refractivity contribution in [3.63, 3.8) is 0 Å². The summed E-state index contributed by atoms with van der Waals surface area (Å²) in [5.74, 6) is 1.59. The number of carbonyl (C=O) groups is 1. The molecule has 144 valence electrons. The molecule has 0 fully saturated rings. The maximum absolute atomic E-state index is 12.5. The Morgan fingerprint density at radius 2 is 2.11 bits per heavy atom. The summed E-state index contributed by atoms with van der Waals surface area (Å²) in [6.07, 6.45) is 6.19. The highest BCUT2D eigenvalue weighted by molar-refractivity contribution is 5.92. The van der Waals surface area contributed by atoms with E-state index in [0.717, 1.165) is 58.9 Å². The molecule has 28 heavy (non-hydrogen) atoms. The van der Waals surface area contributed by atoms with Gasteiger partial charge in [0.1, 0.15) is 17.2 Å². The number of nitrogens with one attached hydrogen (secondary N) is 2. The zero-order valence-corrected chi connectivity index (χ0v) is 16.2. The fourth-order valence-electron chi connectivity index (χ4n) is 3.33. The van der Waals surface area contributed by atoms with Crippen LogP contribution in [-0.2, 0) is 11.3 Å². The highest BCUT2D eigenvalue weighted by Crippen LogP contribution is 2.26. The maximum Gasteiger partial charge on any atom is 0.246 e. The fourth-order valence-corrected chi connectivity index (χ4v) is 3.33. The molecule has 3 aromatic rings. The molecule has 1 aromatic carbocycles. The van der Waals surface area contributed by atoms with Crippen LogP contribution in [0, 0.1) is 6.92 Å². The van der Waals surface area contributed by atoms with Crippen molar-refractivity contribution in [2.24, 2.45) is 0 Å². The zero-order chi connectivity index (χ0) is 19.5. The van der Waals surface area contributed by atoms with Crippen LogP contribution in [0.1, 0.15) is 23.3 Å². The largest absolute Gasteiger partial charge is 0.459 e. The predicted molar refractivity (Wildman–Crippen MR) is 112 cm³/mol. The van der Waals surface area contributed by atoms with Crippen molar-refractivity contribution in [1.82, 2.24) is 9.88 Å². The van der Waals surface area contributed by atoms with Gasteiger partial charge in [-0.05, 0) is 37.1 Å². The van der Waals surface area contributed by atoms with Crippen LogP contribution in [0.25, 0.3) is 17.0 Å². The summed E-state index contributed by atoms with van der Waals surface area (Å²) in [6.45, 7) is 4.27. The summed E-state index contributed by atoms with van der Waals surface area (Å²) < 4.78 is 5.91. The number of likely N-dealkylation sites (N-methyl/N-ethyl adjacent to an activating group) is 1. The number of para-hydroxylation sites is 1. The van der Waals surface area contributed by atoms with Gasteiger partial charge in [0.15, 0.2) is 0 Å². The second-order valence-electron chi connectivity index (χ2n) is 7.05. The minimum atomic E-state index is -0.0825. The Kier molecular flexibility index (Phi) is 5.02. The van der Waals surface area contributed by atoms with Gasteiger partial charge in [-0.3, -0.25) is 4.79 Å². The van der Waals surface area contributed by atoms with Crippen molar-refractivity contribution >= 4 is 34.5 Å². The van der Waals surface area contributed by atoms with Crippen LogP contribution in [-0.4, -0.2) is 35.9 Å². The third-order valence-corrected chi connectivity index (χ3v) is 4.99. The third kappa shape index (κ3) is 3.71. The summed E-state index contributed by atoms with van der Waals surface area (Å²) >= 11 is 0. The molecule has 6 nitrogen and oxygen atoms in total. The summed E-state index contributed by atoms with van der Waals surface area (Å²) in [5, 5.41) is 7.75. The number of aromatic nitrogens is 1. The number of furan rings is 1. The molecule has 0 saturated carbocycles. The Morgan fingerprint density at radius 3 is 2.96 bits per heavy atom. The van der Waals surface area contributed by atoms with Crippen LogP contribution in [0.4, 0.5) is 11.5 Å². The van der Waals surface area contributed by atoms with Crippen molar-refractivity contribution in [3.8, 4) is 0 Å². The molecule has 0 atom stereocenters. The second kappa shape index (κ2) is 7.76. The lowest BCUT2D eigenvalue weighted by Gasteiger charge is -2.14. The van der Waals surface area contributed by atoms with E-state index in [2.05, 4.69) is 15.6 Å². The molecule has 3 heterocycles. The van der Waals surface area contributed by atoms with Gasteiger partial charge in [0.2, 0.25) is 5.91 Å². The molecule has 2 aromatic heterocycles. The first-order valence-corrected chi connectivity index (χ1v) is 9.50. The van der Waals surface area contributed by atoms with E-state index in [4.69, 9.17) is 4.42 Å². The van der Waals surface area contributed by atoms with Gasteiger partial charge in [0.05, 0.1) is 12.2 Å². The molecular weight excluding hydrogens is 352 g/mol. The third-order valence-electron chi connectivity index (χ3n) is 4.99. The lowest BCUT2D eigenvalue weighted by molar-refractivity contribution is -0.125. The summed E-state index contributed by atoms with van der Waals surface area (Å²) in [5.41, 5.74) is 3.78. The molecule has 0 radical (unpaired) electrons. The van der Waals surface area contributed by atoms with E-state index in [1.165, 1.54) is 0 Å². The Bertz CT molecular complexity index is 1040. The first kappa shape index (κ1) is 18.1. The van der Waals surface area contributed by atoms with Crippen LogP contribution in [0.15, 0.2) is 47.0 Å². The zero-order valence-electron chi connectivity index (χ0n) is 16.2. The number of anilines is 2. The lowest BCUT2D eigenvalue weighted by Crippen LogP contribution is -2.24. The van der Waals surface area contributed by atoms with Crippen LogP contribution in [0.2, 0.25) is 0 Å². The number of nitrogens with zero attached hydrogens (tertiary/aromatic N) is 2. The topological polar surface area (TPSA) is 70.4 Å². The van der Waals surface area contributed by atoms with Gasteiger partial charge in [-0.15, -0.1) is 0 Å². The van der Waals surface area contributed by atoms with Crippen LogP contribution in [0.3, 0.4) is 0 Å². The average Bonchev–Trinajstić information content (AvgIpc) is 2.88. The SMILES string of the molecule is Cc1c(CN(C)C(=O)C=Cc2cnc3c(c2)NCCCN3)oc2ccccc12.